The number of fused-ring (bicyclic) bond motifs is 2. The number of nitrogens with two attached hydrogens (primary N) is 1. The monoisotopic (exact) mass is 520 g/mol. The first kappa shape index (κ1) is 25.9. The van der Waals surface area contributed by atoms with Gasteiger partial charge in [-0.05, 0) is 55.4 Å². The smallest absolute Gasteiger partial charge is 0.418 e. The van der Waals surface area contributed by atoms with Crippen molar-refractivity contribution in [2.24, 2.45) is 11.7 Å². The molecule has 2 aliphatic carbocycles. The topological polar surface area (TPSA) is 142 Å². The van der Waals surface area contributed by atoms with E-state index in [1.54, 1.807) is 23.1 Å². The lowest BCUT2D eigenvalue weighted by Gasteiger charge is -2.30. The van der Waals surface area contributed by atoms with Gasteiger partial charge in [0.15, 0.2) is 0 Å². The highest BCUT2D eigenvalue weighted by Crippen LogP contribution is 2.46. The number of aliphatic hydroxyl groups is 1. The fourth-order valence-corrected chi connectivity index (χ4v) is 5.35. The molecule has 2 aromatic carbocycles. The van der Waals surface area contributed by atoms with Gasteiger partial charge in [-0.2, -0.15) is 0 Å². The maximum atomic E-state index is 13.6. The lowest BCUT2D eigenvalue weighted by Crippen LogP contribution is -2.47. The Morgan fingerprint density at radius 3 is 2.63 bits per heavy atom. The fraction of sp³-hybridized carbons (Fsp3) is 0.429. The molecule has 4 N–H and O–H groups in total. The van der Waals surface area contributed by atoms with Gasteiger partial charge in [0.2, 0.25) is 17.4 Å². The van der Waals surface area contributed by atoms with Gasteiger partial charge in [0.25, 0.3) is 5.91 Å². The predicted octanol–water partition coefficient (Wildman–Crippen LogP) is 1.89. The molecular formula is C28H32N4O6. The number of aryl methyl sites for hydroxylation is 1. The van der Waals surface area contributed by atoms with Gasteiger partial charge in [-0.1, -0.05) is 36.4 Å². The second-order valence-electron chi connectivity index (χ2n) is 10.3. The quantitative estimate of drug-likeness (QED) is 0.458. The molecule has 0 aromatic heterocycles. The van der Waals surface area contributed by atoms with E-state index >= 15 is 0 Å². The van der Waals surface area contributed by atoms with Crippen LogP contribution in [0.3, 0.4) is 0 Å². The molecule has 1 heterocycles. The number of imide groups is 1. The Morgan fingerprint density at radius 1 is 1.21 bits per heavy atom. The summed E-state index contributed by atoms with van der Waals surface area (Å²) in [6.45, 7) is 1.55. The maximum Gasteiger partial charge on any atom is 0.418 e. The molecule has 38 heavy (non-hydrogen) atoms. The van der Waals surface area contributed by atoms with Crippen molar-refractivity contribution in [3.8, 4) is 0 Å². The number of amides is 4. The number of hydrogen-bond acceptors (Lipinski definition) is 7. The lowest BCUT2D eigenvalue weighted by molar-refractivity contribution is -0.143. The van der Waals surface area contributed by atoms with Crippen LogP contribution in [0.25, 0.3) is 0 Å². The molecule has 3 aliphatic rings. The second-order valence-corrected chi connectivity index (χ2v) is 10.3. The highest BCUT2D eigenvalue weighted by molar-refractivity contribution is 6.06. The van der Waals surface area contributed by atoms with Crippen molar-refractivity contribution < 1.29 is 29.0 Å². The Balaban J connectivity index is 1.33. The standard InChI is InChI=1S/C28H32N4O6/c1-17(19-7-8-19)31(14-18-5-3-2-4-6-18)24(34)15-32-26(36)28(38-27(32)37)12-11-20-13-21(9-10-22(20)28)30-25(35)23(29)16-33/h2-6,9-10,13,17,19,23,33H,7-8,11-12,14-16,29H2,1H3,(H,30,35)/t17-,23+,28?/m0/s1. The third kappa shape index (κ3) is 4.77. The van der Waals surface area contributed by atoms with Gasteiger partial charge >= 0.3 is 6.09 Å². The molecule has 200 valence electrons. The van der Waals surface area contributed by atoms with Crippen LogP contribution in [-0.2, 0) is 37.7 Å². The number of anilines is 1. The van der Waals surface area contributed by atoms with Crippen LogP contribution in [0.2, 0.25) is 0 Å². The number of nitrogens with one attached hydrogen (secondary N) is 1. The van der Waals surface area contributed by atoms with Crippen LogP contribution in [0.5, 0.6) is 0 Å². The second kappa shape index (κ2) is 10.2. The number of carbonyl (C=O) groups excluding carboxylic acids is 4. The molecule has 5 rings (SSSR count). The normalized spacial score (nSPS) is 21.7. The van der Waals surface area contributed by atoms with Crippen LogP contribution in [0.1, 0.15) is 42.9 Å². The van der Waals surface area contributed by atoms with Crippen molar-refractivity contribution in [2.45, 2.75) is 56.8 Å². The molecule has 1 unspecified atom stereocenters. The predicted molar refractivity (Wildman–Crippen MR) is 138 cm³/mol. The van der Waals surface area contributed by atoms with Gasteiger partial charge < -0.3 is 25.8 Å². The highest BCUT2D eigenvalue weighted by atomic mass is 16.6. The Bertz CT molecular complexity index is 1260. The molecule has 1 spiro atoms. The maximum absolute atomic E-state index is 13.6. The Morgan fingerprint density at radius 2 is 1.95 bits per heavy atom. The van der Waals surface area contributed by atoms with Crippen molar-refractivity contribution >= 4 is 29.5 Å². The number of hydrogen-bond donors (Lipinski definition) is 3. The van der Waals surface area contributed by atoms with Crippen LogP contribution in [-0.4, -0.2) is 64.0 Å². The van der Waals surface area contributed by atoms with E-state index in [1.165, 1.54) is 0 Å². The van der Waals surface area contributed by atoms with Gasteiger partial charge in [-0.3, -0.25) is 14.4 Å². The number of nitrogens with zero attached hydrogens (tertiary/aromatic N) is 2. The van der Waals surface area contributed by atoms with Gasteiger partial charge in [0, 0.05) is 30.3 Å². The number of ether oxygens (including phenoxy) is 1. The molecule has 2 fully saturated rings. The third-order valence-corrected chi connectivity index (χ3v) is 7.77. The number of aliphatic hydroxyl groups excluding tert-OH is 1. The zero-order valence-corrected chi connectivity index (χ0v) is 21.3. The molecule has 1 aliphatic heterocycles. The van der Waals surface area contributed by atoms with E-state index in [9.17, 15) is 19.2 Å². The van der Waals surface area contributed by atoms with Gasteiger partial charge in [-0.15, -0.1) is 0 Å². The highest BCUT2D eigenvalue weighted by Gasteiger charge is 2.58. The molecule has 10 nitrogen and oxygen atoms in total. The summed E-state index contributed by atoms with van der Waals surface area (Å²) in [6, 6.07) is 13.5. The van der Waals surface area contributed by atoms with E-state index in [2.05, 4.69) is 5.32 Å². The average Bonchev–Trinajstić information content (AvgIpc) is 3.67. The largest absolute Gasteiger partial charge is 0.427 e. The molecule has 0 bridgehead atoms. The molecule has 2 aromatic rings. The van der Waals surface area contributed by atoms with E-state index < -0.39 is 36.2 Å². The van der Waals surface area contributed by atoms with Crippen molar-refractivity contribution in [2.75, 3.05) is 18.5 Å². The summed E-state index contributed by atoms with van der Waals surface area (Å²) < 4.78 is 5.68. The van der Waals surface area contributed by atoms with Gasteiger partial charge in [0.05, 0.1) is 6.61 Å². The van der Waals surface area contributed by atoms with Crippen LogP contribution in [0, 0.1) is 5.92 Å². The summed E-state index contributed by atoms with van der Waals surface area (Å²) in [5, 5.41) is 11.7. The molecule has 4 amide bonds. The van der Waals surface area contributed by atoms with Crippen LogP contribution < -0.4 is 11.1 Å². The fourth-order valence-electron chi connectivity index (χ4n) is 5.35. The number of carbonyl (C=O) groups is 4. The first-order valence-electron chi connectivity index (χ1n) is 12.9. The third-order valence-electron chi connectivity index (χ3n) is 7.77. The van der Waals surface area contributed by atoms with Crippen LogP contribution in [0.4, 0.5) is 10.5 Å². The molecular weight excluding hydrogens is 488 g/mol. The van der Waals surface area contributed by atoms with Crippen molar-refractivity contribution in [1.82, 2.24) is 9.80 Å². The van der Waals surface area contributed by atoms with E-state index in [1.807, 2.05) is 37.3 Å². The molecule has 1 saturated carbocycles. The summed E-state index contributed by atoms with van der Waals surface area (Å²) in [5.41, 5.74) is 6.82. The summed E-state index contributed by atoms with van der Waals surface area (Å²) in [6.07, 6.45) is 1.97. The van der Waals surface area contributed by atoms with E-state index in [0.717, 1.165) is 28.9 Å². The lowest BCUT2D eigenvalue weighted by atomic mass is 9.94. The van der Waals surface area contributed by atoms with Crippen LogP contribution in [0.15, 0.2) is 48.5 Å². The summed E-state index contributed by atoms with van der Waals surface area (Å²) in [4.78, 5) is 54.8. The summed E-state index contributed by atoms with van der Waals surface area (Å²) in [7, 11) is 0. The molecule has 1 saturated heterocycles. The van der Waals surface area contributed by atoms with E-state index in [4.69, 9.17) is 15.6 Å². The number of benzene rings is 2. The zero-order chi connectivity index (χ0) is 27.0. The van der Waals surface area contributed by atoms with Crippen molar-refractivity contribution in [3.63, 3.8) is 0 Å². The zero-order valence-electron chi connectivity index (χ0n) is 21.3. The summed E-state index contributed by atoms with van der Waals surface area (Å²) >= 11 is 0. The van der Waals surface area contributed by atoms with Crippen LogP contribution >= 0.6 is 0 Å². The number of rotatable bonds is 9. The minimum absolute atomic E-state index is 0.00909. The van der Waals surface area contributed by atoms with E-state index in [0.29, 0.717) is 30.1 Å². The Labute approximate surface area is 220 Å². The Hall–Kier alpha value is -3.76. The van der Waals surface area contributed by atoms with Crippen molar-refractivity contribution in [3.05, 3.63) is 65.2 Å². The molecule has 0 radical (unpaired) electrons. The minimum Gasteiger partial charge on any atom is -0.427 e. The average molecular weight is 521 g/mol. The van der Waals surface area contributed by atoms with Gasteiger partial charge in [-0.25, -0.2) is 9.69 Å². The first-order valence-corrected chi connectivity index (χ1v) is 12.9. The minimum atomic E-state index is -1.48. The Kier molecular flexibility index (Phi) is 6.93. The molecule has 10 heteroatoms. The summed E-state index contributed by atoms with van der Waals surface area (Å²) in [5.74, 6) is -0.966. The van der Waals surface area contributed by atoms with E-state index in [-0.39, 0.29) is 24.9 Å². The van der Waals surface area contributed by atoms with Gasteiger partial charge in [0.1, 0.15) is 12.6 Å². The molecule has 3 atom stereocenters. The first-order chi connectivity index (χ1) is 18.2. The van der Waals surface area contributed by atoms with Crippen molar-refractivity contribution in [1.29, 1.82) is 0 Å². The SMILES string of the molecule is C[C@@H](C1CC1)N(Cc1ccccc1)C(=O)CN1C(=O)OC2(CCc3cc(NC(=O)[C@H](N)CO)ccc32)C1=O.